The van der Waals surface area contributed by atoms with Gasteiger partial charge in [-0.05, 0) is 36.0 Å². The lowest BCUT2D eigenvalue weighted by Crippen LogP contribution is -2.70. The molecule has 0 spiro atoms. The van der Waals surface area contributed by atoms with Crippen LogP contribution in [0, 0.1) is 5.92 Å². The molecule has 1 unspecified atom stereocenters. The van der Waals surface area contributed by atoms with E-state index >= 15 is 0 Å². The van der Waals surface area contributed by atoms with Gasteiger partial charge in [-0.1, -0.05) is 38.5 Å². The number of fused-ring (bicyclic) bond motifs is 1. The molecule has 0 aliphatic carbocycles. The lowest BCUT2D eigenvalue weighted by atomic mass is 10.00. The number of esters is 2. The van der Waals surface area contributed by atoms with Gasteiger partial charge in [0.2, 0.25) is 17.4 Å². The van der Waals surface area contributed by atoms with E-state index in [4.69, 9.17) is 15.2 Å². The Balaban J connectivity index is 0.00000384. The summed E-state index contributed by atoms with van der Waals surface area (Å²) >= 11 is 4.00. The molecule has 2 aliphatic rings. The zero-order chi connectivity index (χ0) is 32.7. The molecular formula is C27H41Cl2N9O6S3. The van der Waals surface area contributed by atoms with E-state index in [1.54, 1.807) is 10.1 Å². The number of nitrogens with two attached hydrogens (primary N) is 1. The second-order valence-corrected chi connectivity index (χ2v) is 13.8. The Bertz CT molecular complexity index is 1420. The summed E-state index contributed by atoms with van der Waals surface area (Å²) in [5, 5.41) is 16.8. The summed E-state index contributed by atoms with van der Waals surface area (Å²) in [6.45, 7) is 6.79. The van der Waals surface area contributed by atoms with Crippen LogP contribution in [0.3, 0.4) is 0 Å². The van der Waals surface area contributed by atoms with Crippen LogP contribution >= 0.6 is 59.7 Å². The van der Waals surface area contributed by atoms with E-state index in [9.17, 15) is 19.2 Å². The third-order valence-electron chi connectivity index (χ3n) is 7.28. The van der Waals surface area contributed by atoms with Gasteiger partial charge in [0.25, 0.3) is 5.91 Å². The summed E-state index contributed by atoms with van der Waals surface area (Å²) in [4.78, 5) is 59.7. The van der Waals surface area contributed by atoms with E-state index < -0.39 is 35.6 Å². The normalized spacial score (nSPS) is 17.8. The molecule has 4 rings (SSSR count). The van der Waals surface area contributed by atoms with Gasteiger partial charge in [-0.2, -0.15) is 0 Å². The van der Waals surface area contributed by atoms with Crippen molar-refractivity contribution in [3.8, 4) is 0 Å². The van der Waals surface area contributed by atoms with E-state index in [0.717, 1.165) is 19.4 Å². The van der Waals surface area contributed by atoms with Crippen LogP contribution in [-0.4, -0.2) is 109 Å². The van der Waals surface area contributed by atoms with Crippen molar-refractivity contribution < 1.29 is 28.7 Å². The van der Waals surface area contributed by atoms with Crippen molar-refractivity contribution in [3.05, 3.63) is 22.3 Å². The molecule has 0 saturated carbocycles. The second-order valence-electron chi connectivity index (χ2n) is 10.9. The highest BCUT2D eigenvalue weighted by molar-refractivity contribution is 8.01. The molecule has 0 radical (unpaired) electrons. The molecule has 1 saturated heterocycles. The Morgan fingerprint density at radius 2 is 1.94 bits per heavy atom. The summed E-state index contributed by atoms with van der Waals surface area (Å²) < 4.78 is 12.6. The minimum Gasteiger partial charge on any atom is -0.425 e. The maximum atomic E-state index is 13.6. The molecule has 0 aromatic carbocycles. The third kappa shape index (κ3) is 10.7. The Morgan fingerprint density at radius 3 is 2.57 bits per heavy atom. The number of nitrogens with zero attached hydrogens (tertiary/aromatic N) is 7. The molecule has 2 aliphatic heterocycles. The van der Waals surface area contributed by atoms with Gasteiger partial charge >= 0.3 is 11.9 Å². The van der Waals surface area contributed by atoms with Gasteiger partial charge in [0.15, 0.2) is 5.13 Å². The fourth-order valence-electron chi connectivity index (χ4n) is 4.74. The average molecular weight is 755 g/mol. The number of tetrazole rings is 1. The van der Waals surface area contributed by atoms with Gasteiger partial charge in [-0.3, -0.25) is 19.3 Å². The number of carbonyl (C=O) groups is 4. The number of hydrogen-bond donors (Lipinski definition) is 2. The van der Waals surface area contributed by atoms with Gasteiger partial charge in [0.1, 0.15) is 17.1 Å². The third-order valence-corrected chi connectivity index (χ3v) is 10.4. The lowest BCUT2D eigenvalue weighted by molar-refractivity contribution is -0.184. The molecule has 2 aromatic heterocycles. The highest BCUT2D eigenvalue weighted by Gasteiger charge is 2.54. The molecule has 262 valence electrons. The second kappa shape index (κ2) is 18.8. The van der Waals surface area contributed by atoms with E-state index in [-0.39, 0.29) is 55.2 Å². The average Bonchev–Trinajstić information content (AvgIpc) is 3.63. The molecule has 20 heteroatoms. The number of hydrogen-bond acceptors (Lipinski definition) is 15. The summed E-state index contributed by atoms with van der Waals surface area (Å²) in [7, 11) is 3.91. The first-order valence-electron chi connectivity index (χ1n) is 14.6. The van der Waals surface area contributed by atoms with Crippen molar-refractivity contribution in [2.45, 2.75) is 75.9 Å². The molecule has 3 atom stereocenters. The predicted molar refractivity (Wildman–Crippen MR) is 184 cm³/mol. The number of ether oxygens (including phenoxy) is 2. The number of aromatic nitrogens is 5. The summed E-state index contributed by atoms with van der Waals surface area (Å²) in [5.41, 5.74) is 6.89. The number of β-lactam (4-membered cyclic amide) rings is 1. The number of amides is 2. The van der Waals surface area contributed by atoms with E-state index in [1.807, 2.05) is 32.8 Å². The number of carbonyl (C=O) groups excluding carboxylic acids is 4. The highest BCUT2D eigenvalue weighted by Crippen LogP contribution is 2.42. The standard InChI is InChI=1S/C27H39N9O6S3.2ClH/c1-6-16(7-2)10-20(38)41-15(3)42-25(40)22-17(13-45-27-31-32-33-35(27)9-8-34(4)5)12-43-24-21(23(39)36(22)24)30-19(37)11-18-14-44-26(28)29-18;;/h14-16,21,24H,6-13H2,1-5H3,(H2,28,29)(H,30,37);2*1H/t15?,21-,24+;;/m1../s1. The van der Waals surface area contributed by atoms with Crippen molar-refractivity contribution in [2.75, 3.05) is 37.9 Å². The maximum absolute atomic E-state index is 13.6. The molecular weight excluding hydrogens is 713 g/mol. The Morgan fingerprint density at radius 1 is 1.21 bits per heavy atom. The maximum Gasteiger partial charge on any atom is 0.358 e. The zero-order valence-electron chi connectivity index (χ0n) is 26.7. The largest absolute Gasteiger partial charge is 0.425 e. The fourth-order valence-corrected chi connectivity index (χ4v) is 7.69. The van der Waals surface area contributed by atoms with E-state index in [1.165, 1.54) is 46.7 Å². The first-order valence-corrected chi connectivity index (χ1v) is 17.5. The van der Waals surface area contributed by atoms with Crippen LogP contribution in [0.2, 0.25) is 0 Å². The summed E-state index contributed by atoms with van der Waals surface area (Å²) in [6, 6.07) is -0.830. The zero-order valence-corrected chi connectivity index (χ0v) is 30.8. The highest BCUT2D eigenvalue weighted by atomic mass is 35.5. The van der Waals surface area contributed by atoms with Gasteiger partial charge in [0, 0.05) is 36.8 Å². The minimum absolute atomic E-state index is 0. The smallest absolute Gasteiger partial charge is 0.358 e. The SMILES string of the molecule is CCC(CC)CC(=O)OC(C)OC(=O)C1=C(CSc2nnnn2CCN(C)C)CS[C@H]2[C@H](NC(=O)Cc3csc(N)n3)C(=O)N12.Cl.Cl. The van der Waals surface area contributed by atoms with Crippen molar-refractivity contribution in [2.24, 2.45) is 5.92 Å². The molecule has 0 bridgehead atoms. The molecule has 47 heavy (non-hydrogen) atoms. The molecule has 15 nitrogen and oxygen atoms in total. The van der Waals surface area contributed by atoms with Crippen LogP contribution in [0.25, 0.3) is 0 Å². The van der Waals surface area contributed by atoms with Gasteiger partial charge in [-0.15, -0.1) is 53.0 Å². The Labute approximate surface area is 298 Å². The predicted octanol–water partition coefficient (Wildman–Crippen LogP) is 2.36. The minimum atomic E-state index is -1.16. The molecule has 4 heterocycles. The number of thioether (sulfide) groups is 2. The van der Waals surface area contributed by atoms with Crippen LogP contribution in [0.4, 0.5) is 5.13 Å². The number of thiazole rings is 1. The molecule has 2 aromatic rings. The summed E-state index contributed by atoms with van der Waals surface area (Å²) in [5.74, 6) is -1.19. The number of nitrogen functional groups attached to an aromatic ring is 1. The Hall–Kier alpha value is -2.64. The first kappa shape index (κ1) is 40.5. The number of anilines is 1. The van der Waals surface area contributed by atoms with Crippen molar-refractivity contribution in [1.29, 1.82) is 0 Å². The van der Waals surface area contributed by atoms with Crippen LogP contribution in [0.15, 0.2) is 21.8 Å². The number of halogens is 2. The quantitative estimate of drug-likeness (QED) is 0.110. The molecule has 3 N–H and O–H groups in total. The fraction of sp³-hybridized carbons (Fsp3) is 0.630. The monoisotopic (exact) mass is 753 g/mol. The van der Waals surface area contributed by atoms with Crippen molar-refractivity contribution in [3.63, 3.8) is 0 Å². The molecule has 1 fully saturated rings. The van der Waals surface area contributed by atoms with E-state index in [2.05, 4.69) is 25.8 Å². The van der Waals surface area contributed by atoms with Crippen molar-refractivity contribution in [1.82, 2.24) is 40.3 Å². The lowest BCUT2D eigenvalue weighted by Gasteiger charge is -2.49. The van der Waals surface area contributed by atoms with Gasteiger partial charge in [-0.25, -0.2) is 14.5 Å². The van der Waals surface area contributed by atoms with Crippen LogP contribution in [0.5, 0.6) is 0 Å². The van der Waals surface area contributed by atoms with Crippen LogP contribution in [-0.2, 0) is 41.6 Å². The first-order chi connectivity index (χ1) is 21.5. The van der Waals surface area contributed by atoms with Gasteiger partial charge < -0.3 is 25.4 Å². The van der Waals surface area contributed by atoms with Crippen molar-refractivity contribution >= 4 is 88.6 Å². The van der Waals surface area contributed by atoms with Crippen LogP contribution in [0.1, 0.15) is 45.7 Å². The number of likely N-dealkylation sites (N-methyl/N-ethyl adjacent to an activating group) is 1. The number of nitrogens with one attached hydrogen (secondary N) is 1. The summed E-state index contributed by atoms with van der Waals surface area (Å²) in [6.07, 6.45) is 0.698. The number of rotatable bonds is 16. The Kier molecular flexibility index (Phi) is 16.2. The topological polar surface area (TPSA) is 188 Å². The van der Waals surface area contributed by atoms with Crippen LogP contribution < -0.4 is 11.1 Å². The van der Waals surface area contributed by atoms with E-state index in [0.29, 0.717) is 39.6 Å². The molecule has 2 amide bonds. The van der Waals surface area contributed by atoms with Gasteiger partial charge in [0.05, 0.1) is 18.7 Å².